The first-order valence-electron chi connectivity index (χ1n) is 13.8. The number of aryl methyl sites for hydroxylation is 1. The number of carbonyl (C=O) groups excluding carboxylic acids is 1. The lowest BCUT2D eigenvalue weighted by Gasteiger charge is -2.24. The van der Waals surface area contributed by atoms with Gasteiger partial charge in [0.15, 0.2) is 0 Å². The molecule has 5 nitrogen and oxygen atoms in total. The van der Waals surface area contributed by atoms with Gasteiger partial charge in [0.2, 0.25) is 0 Å². The van der Waals surface area contributed by atoms with E-state index in [1.54, 1.807) is 17.8 Å². The number of hydrogen-bond acceptors (Lipinski definition) is 5. The van der Waals surface area contributed by atoms with Crippen molar-refractivity contribution in [2.75, 3.05) is 7.11 Å². The van der Waals surface area contributed by atoms with Gasteiger partial charge in [0.1, 0.15) is 0 Å². The molecule has 1 fully saturated rings. The van der Waals surface area contributed by atoms with Gasteiger partial charge in [0, 0.05) is 20.9 Å². The van der Waals surface area contributed by atoms with Gasteiger partial charge in [-0.15, -0.1) is 11.8 Å². The standard InChI is InChI=1S/C34H32ClNO4S/c1-40-34(39)29-8-3-2-6-23(29)14-18-31(41-32(21-33(37)38)25-10-11-25)26-7-4-5-22(19-26)9-16-28-17-13-24-12-15-27(35)20-30(24)36-28/h2-9,12-13,15-17,19-20,25,31-32H,10-11,14,18,21H2,1H3,(H,37,38)/b16-9+. The summed E-state index contributed by atoms with van der Waals surface area (Å²) >= 11 is 7.92. The predicted molar refractivity (Wildman–Crippen MR) is 167 cm³/mol. The number of hydrogen-bond donors (Lipinski definition) is 1. The Kier molecular flexibility index (Phi) is 9.42. The van der Waals surface area contributed by atoms with E-state index in [1.807, 2.05) is 66.7 Å². The molecule has 5 rings (SSSR count). The van der Waals surface area contributed by atoms with Crippen LogP contribution in [0.2, 0.25) is 5.02 Å². The van der Waals surface area contributed by atoms with Crippen LogP contribution in [0.15, 0.2) is 78.9 Å². The van der Waals surface area contributed by atoms with Gasteiger partial charge in [-0.2, -0.15) is 0 Å². The summed E-state index contributed by atoms with van der Waals surface area (Å²) in [4.78, 5) is 28.8. The number of halogens is 1. The average Bonchev–Trinajstić information content (AvgIpc) is 3.83. The molecular weight excluding hydrogens is 554 g/mol. The first-order chi connectivity index (χ1) is 19.9. The van der Waals surface area contributed by atoms with Gasteiger partial charge in [-0.3, -0.25) is 4.79 Å². The fraction of sp³-hybridized carbons (Fsp3) is 0.265. The largest absolute Gasteiger partial charge is 0.481 e. The van der Waals surface area contributed by atoms with E-state index in [1.165, 1.54) is 7.11 Å². The normalized spacial score (nSPS) is 14.7. The van der Waals surface area contributed by atoms with Crippen LogP contribution < -0.4 is 0 Å². The molecule has 1 saturated carbocycles. The third-order valence-electron chi connectivity index (χ3n) is 7.37. The van der Waals surface area contributed by atoms with Crippen molar-refractivity contribution in [3.05, 3.63) is 112 Å². The van der Waals surface area contributed by atoms with Crippen LogP contribution >= 0.6 is 23.4 Å². The highest BCUT2D eigenvalue weighted by Gasteiger charge is 2.35. The molecule has 210 valence electrons. The highest BCUT2D eigenvalue weighted by molar-refractivity contribution is 8.00. The number of fused-ring (bicyclic) bond motifs is 1. The number of carbonyl (C=O) groups is 2. The molecule has 0 amide bonds. The van der Waals surface area contributed by atoms with Crippen LogP contribution in [0.25, 0.3) is 23.1 Å². The van der Waals surface area contributed by atoms with E-state index in [4.69, 9.17) is 21.3 Å². The van der Waals surface area contributed by atoms with Crippen molar-refractivity contribution >= 4 is 58.4 Å². The summed E-state index contributed by atoms with van der Waals surface area (Å²) in [6.45, 7) is 0. The van der Waals surface area contributed by atoms with Gasteiger partial charge in [0.25, 0.3) is 0 Å². The summed E-state index contributed by atoms with van der Waals surface area (Å²) < 4.78 is 5.00. The number of nitrogens with zero attached hydrogens (tertiary/aromatic N) is 1. The summed E-state index contributed by atoms with van der Waals surface area (Å²) in [5.41, 5.74) is 5.38. The van der Waals surface area contributed by atoms with E-state index < -0.39 is 5.97 Å². The molecule has 0 radical (unpaired) electrons. The Bertz CT molecular complexity index is 1580. The number of rotatable bonds is 12. The molecule has 7 heteroatoms. The highest BCUT2D eigenvalue weighted by Crippen LogP contribution is 2.47. The fourth-order valence-corrected chi connectivity index (χ4v) is 6.95. The molecule has 1 aliphatic carbocycles. The highest BCUT2D eigenvalue weighted by atomic mass is 35.5. The van der Waals surface area contributed by atoms with Gasteiger partial charge >= 0.3 is 11.9 Å². The number of aromatic nitrogens is 1. The zero-order chi connectivity index (χ0) is 28.8. The number of carboxylic acids is 1. The topological polar surface area (TPSA) is 76.5 Å². The molecule has 0 spiro atoms. The lowest BCUT2D eigenvalue weighted by atomic mass is 9.98. The lowest BCUT2D eigenvalue weighted by molar-refractivity contribution is -0.137. The van der Waals surface area contributed by atoms with Crippen molar-refractivity contribution < 1.29 is 19.4 Å². The summed E-state index contributed by atoms with van der Waals surface area (Å²) in [7, 11) is 1.39. The zero-order valence-corrected chi connectivity index (χ0v) is 24.4. The van der Waals surface area contributed by atoms with Crippen LogP contribution in [0.1, 0.15) is 63.7 Å². The maximum atomic E-state index is 12.4. The number of thioether (sulfide) groups is 1. The van der Waals surface area contributed by atoms with Crippen molar-refractivity contribution in [2.45, 2.75) is 42.6 Å². The first kappa shape index (κ1) is 28.9. The molecular formula is C34H32ClNO4S. The minimum Gasteiger partial charge on any atom is -0.481 e. The minimum absolute atomic E-state index is 0.0566. The maximum Gasteiger partial charge on any atom is 0.338 e. The van der Waals surface area contributed by atoms with Crippen LogP contribution in [-0.4, -0.2) is 34.4 Å². The van der Waals surface area contributed by atoms with Crippen molar-refractivity contribution in [2.24, 2.45) is 5.92 Å². The average molecular weight is 586 g/mol. The Morgan fingerprint density at radius 3 is 2.63 bits per heavy atom. The van der Waals surface area contributed by atoms with E-state index in [2.05, 4.69) is 18.2 Å². The van der Waals surface area contributed by atoms with Gasteiger partial charge in [-0.25, -0.2) is 9.78 Å². The van der Waals surface area contributed by atoms with E-state index in [9.17, 15) is 14.7 Å². The van der Waals surface area contributed by atoms with Gasteiger partial charge in [0.05, 0.1) is 30.3 Å². The van der Waals surface area contributed by atoms with E-state index >= 15 is 0 Å². The molecule has 1 heterocycles. The summed E-state index contributed by atoms with van der Waals surface area (Å²) in [5.74, 6) is -0.662. The van der Waals surface area contributed by atoms with Crippen molar-refractivity contribution in [3.63, 3.8) is 0 Å². The van der Waals surface area contributed by atoms with E-state index in [0.717, 1.165) is 52.5 Å². The third-order valence-corrected chi connectivity index (χ3v) is 9.34. The Balaban J connectivity index is 1.40. The number of ether oxygens (including phenoxy) is 1. The Hall–Kier alpha value is -3.61. The summed E-state index contributed by atoms with van der Waals surface area (Å²) in [6.07, 6.45) is 7.80. The van der Waals surface area contributed by atoms with Crippen LogP contribution in [0.5, 0.6) is 0 Å². The molecule has 4 aromatic rings. The molecule has 2 unspecified atom stereocenters. The molecule has 0 aliphatic heterocycles. The quantitative estimate of drug-likeness (QED) is 0.168. The number of aliphatic carboxylic acids is 1. The van der Waals surface area contributed by atoms with Gasteiger partial charge < -0.3 is 9.84 Å². The molecule has 41 heavy (non-hydrogen) atoms. The first-order valence-corrected chi connectivity index (χ1v) is 15.1. The van der Waals surface area contributed by atoms with Crippen LogP contribution in [0.3, 0.4) is 0 Å². The molecule has 2 atom stereocenters. The van der Waals surface area contributed by atoms with Crippen molar-refractivity contribution in [3.8, 4) is 0 Å². The second-order valence-electron chi connectivity index (χ2n) is 10.4. The van der Waals surface area contributed by atoms with Crippen LogP contribution in [-0.2, 0) is 16.0 Å². The molecule has 1 aromatic heterocycles. The summed E-state index contributed by atoms with van der Waals surface area (Å²) in [5, 5.41) is 11.4. The molecule has 0 saturated heterocycles. The number of methoxy groups -OCH3 is 1. The number of esters is 1. The van der Waals surface area contributed by atoms with E-state index in [0.29, 0.717) is 22.9 Å². The minimum atomic E-state index is -0.759. The lowest BCUT2D eigenvalue weighted by Crippen LogP contribution is -2.15. The predicted octanol–water partition coefficient (Wildman–Crippen LogP) is 8.51. The maximum absolute atomic E-state index is 12.4. The smallest absolute Gasteiger partial charge is 0.338 e. The monoisotopic (exact) mass is 585 g/mol. The molecule has 0 bridgehead atoms. The Morgan fingerprint density at radius 1 is 1.05 bits per heavy atom. The van der Waals surface area contributed by atoms with Gasteiger partial charge in [-0.1, -0.05) is 72.3 Å². The Labute approximate surface area is 249 Å². The van der Waals surface area contributed by atoms with Gasteiger partial charge in [-0.05, 0) is 78.6 Å². The fourth-order valence-electron chi connectivity index (χ4n) is 5.07. The van der Waals surface area contributed by atoms with Crippen LogP contribution in [0, 0.1) is 5.92 Å². The third kappa shape index (κ3) is 7.78. The molecule has 1 aliphatic rings. The molecule has 3 aromatic carbocycles. The summed E-state index contributed by atoms with van der Waals surface area (Å²) in [6, 6.07) is 25.6. The second-order valence-corrected chi connectivity index (χ2v) is 12.2. The van der Waals surface area contributed by atoms with Crippen molar-refractivity contribution in [1.82, 2.24) is 4.98 Å². The number of benzene rings is 3. The SMILES string of the molecule is COC(=O)c1ccccc1CCC(SC(CC(=O)O)C1CC1)c1cccc(/C=C/c2ccc3ccc(Cl)cc3n2)c1. The second kappa shape index (κ2) is 13.4. The number of carboxylic acid groups (broad SMARTS) is 1. The number of pyridine rings is 1. The zero-order valence-electron chi connectivity index (χ0n) is 22.8. The van der Waals surface area contributed by atoms with Crippen LogP contribution in [0.4, 0.5) is 0 Å². The molecule has 1 N–H and O–H groups in total. The van der Waals surface area contributed by atoms with Crippen molar-refractivity contribution in [1.29, 1.82) is 0 Å². The Morgan fingerprint density at radius 2 is 1.85 bits per heavy atom. The van der Waals surface area contributed by atoms with E-state index in [-0.39, 0.29) is 22.9 Å².